The maximum absolute atomic E-state index is 14.0. The van der Waals surface area contributed by atoms with Crippen LogP contribution in [0.5, 0.6) is 0 Å². The molecule has 1 fully saturated rings. The average molecular weight is 545 g/mol. The van der Waals surface area contributed by atoms with Crippen molar-refractivity contribution < 1.29 is 30.4 Å². The molecule has 1 saturated heterocycles. The SMILES string of the molecule is CN(C)S(=O)(=O)c1ccc2nc(NC(=O)C3CCN(S(=O)(=O)c4ccc(F)cc4F)CC3)sc2c1. The number of anilines is 1. The number of benzene rings is 2. The first-order valence-corrected chi connectivity index (χ1v) is 14.2. The highest BCUT2D eigenvalue weighted by molar-refractivity contribution is 7.89. The van der Waals surface area contributed by atoms with Crippen LogP contribution < -0.4 is 5.32 Å². The summed E-state index contributed by atoms with van der Waals surface area (Å²) in [7, 11) is -4.90. The van der Waals surface area contributed by atoms with E-state index < -0.39 is 42.5 Å². The minimum absolute atomic E-state index is 0.00281. The van der Waals surface area contributed by atoms with Gasteiger partial charge < -0.3 is 5.32 Å². The van der Waals surface area contributed by atoms with Crippen LogP contribution in [0.1, 0.15) is 12.8 Å². The maximum atomic E-state index is 14.0. The van der Waals surface area contributed by atoms with Gasteiger partial charge in [-0.25, -0.2) is 34.9 Å². The van der Waals surface area contributed by atoms with Gasteiger partial charge in [0.2, 0.25) is 26.0 Å². The third kappa shape index (κ3) is 5.07. The van der Waals surface area contributed by atoms with Crippen molar-refractivity contribution in [2.24, 2.45) is 5.92 Å². The summed E-state index contributed by atoms with van der Waals surface area (Å²) in [6.07, 6.45) is 0.425. The minimum Gasteiger partial charge on any atom is -0.302 e. The first kappa shape index (κ1) is 25.6. The molecule has 35 heavy (non-hydrogen) atoms. The molecule has 1 aliphatic rings. The first-order chi connectivity index (χ1) is 16.4. The Labute approximate surface area is 205 Å². The zero-order valence-corrected chi connectivity index (χ0v) is 21.2. The Morgan fingerprint density at radius 3 is 2.40 bits per heavy atom. The normalized spacial score (nSPS) is 16.1. The predicted molar refractivity (Wildman–Crippen MR) is 127 cm³/mol. The predicted octanol–water partition coefficient (Wildman–Crippen LogP) is 2.86. The van der Waals surface area contributed by atoms with Crippen LogP contribution in [0, 0.1) is 17.6 Å². The number of aromatic nitrogens is 1. The molecule has 1 amide bonds. The molecule has 2 aromatic carbocycles. The third-order valence-corrected chi connectivity index (χ3v) is 10.4. The van der Waals surface area contributed by atoms with Gasteiger partial charge in [-0.3, -0.25) is 4.79 Å². The second-order valence-electron chi connectivity index (χ2n) is 8.18. The van der Waals surface area contributed by atoms with Crippen LogP contribution in [0.15, 0.2) is 46.2 Å². The lowest BCUT2D eigenvalue weighted by Crippen LogP contribution is -2.41. The van der Waals surface area contributed by atoms with Crippen LogP contribution >= 0.6 is 11.3 Å². The molecule has 4 rings (SSSR count). The second-order valence-corrected chi connectivity index (χ2v) is 13.3. The smallest absolute Gasteiger partial charge is 0.245 e. The first-order valence-electron chi connectivity index (χ1n) is 10.5. The molecular formula is C21H22F2N4O5S3. The number of thiazole rings is 1. The van der Waals surface area contributed by atoms with E-state index in [4.69, 9.17) is 0 Å². The van der Waals surface area contributed by atoms with E-state index in [9.17, 15) is 30.4 Å². The highest BCUT2D eigenvalue weighted by Crippen LogP contribution is 2.31. The summed E-state index contributed by atoms with van der Waals surface area (Å²) >= 11 is 1.13. The number of fused-ring (bicyclic) bond motifs is 1. The van der Waals surface area contributed by atoms with Crippen LogP contribution in [0.4, 0.5) is 13.9 Å². The van der Waals surface area contributed by atoms with Crippen LogP contribution in [-0.2, 0) is 24.8 Å². The highest BCUT2D eigenvalue weighted by atomic mass is 32.2. The van der Waals surface area contributed by atoms with Crippen LogP contribution in [0.2, 0.25) is 0 Å². The molecule has 2 heterocycles. The third-order valence-electron chi connectivity index (χ3n) is 5.71. The van der Waals surface area contributed by atoms with Crippen molar-refractivity contribution >= 4 is 52.6 Å². The zero-order valence-electron chi connectivity index (χ0n) is 18.7. The maximum Gasteiger partial charge on any atom is 0.245 e. The van der Waals surface area contributed by atoms with Gasteiger partial charge in [-0.15, -0.1) is 0 Å². The van der Waals surface area contributed by atoms with Crippen molar-refractivity contribution in [1.29, 1.82) is 0 Å². The van der Waals surface area contributed by atoms with Gasteiger partial charge in [0.25, 0.3) is 0 Å². The number of carbonyl (C=O) groups is 1. The van der Waals surface area contributed by atoms with Crippen molar-refractivity contribution in [3.8, 4) is 0 Å². The molecule has 0 unspecified atom stereocenters. The van der Waals surface area contributed by atoms with Crippen molar-refractivity contribution in [2.45, 2.75) is 22.6 Å². The number of rotatable bonds is 6. The lowest BCUT2D eigenvalue weighted by atomic mass is 9.97. The molecule has 0 atom stereocenters. The molecule has 188 valence electrons. The summed E-state index contributed by atoms with van der Waals surface area (Å²) in [5.74, 6) is -2.86. The fraction of sp³-hybridized carbons (Fsp3) is 0.333. The molecule has 0 aliphatic carbocycles. The molecule has 1 aromatic heterocycles. The Kier molecular flexibility index (Phi) is 6.94. The molecule has 9 nitrogen and oxygen atoms in total. The molecule has 0 bridgehead atoms. The number of amides is 1. The number of halogens is 2. The number of nitrogens with zero attached hydrogens (tertiary/aromatic N) is 3. The Balaban J connectivity index is 1.43. The quantitative estimate of drug-likeness (QED) is 0.510. The van der Waals surface area contributed by atoms with Gasteiger partial charge in [0.1, 0.15) is 16.5 Å². The van der Waals surface area contributed by atoms with E-state index in [-0.39, 0.29) is 36.7 Å². The van der Waals surface area contributed by atoms with E-state index in [0.29, 0.717) is 21.4 Å². The summed E-state index contributed by atoms with van der Waals surface area (Å²) in [4.78, 5) is 16.6. The van der Waals surface area contributed by atoms with E-state index in [1.54, 1.807) is 6.07 Å². The molecular weight excluding hydrogens is 522 g/mol. The standard InChI is InChI=1S/C21H22F2N4O5S3/c1-26(2)34(29,30)15-4-5-17-18(12-15)33-21(24-17)25-20(28)13-7-9-27(10-8-13)35(31,32)19-6-3-14(22)11-16(19)23/h3-6,11-13H,7-10H2,1-2H3,(H,24,25,28). The summed E-state index contributed by atoms with van der Waals surface area (Å²) in [5, 5.41) is 3.02. The van der Waals surface area contributed by atoms with Crippen molar-refractivity contribution in [2.75, 3.05) is 32.5 Å². The van der Waals surface area contributed by atoms with Crippen molar-refractivity contribution in [1.82, 2.24) is 13.6 Å². The summed E-state index contributed by atoms with van der Waals surface area (Å²) in [5.41, 5.74) is 0.533. The van der Waals surface area contributed by atoms with E-state index >= 15 is 0 Å². The molecule has 3 aromatic rings. The molecule has 0 radical (unpaired) electrons. The fourth-order valence-corrected chi connectivity index (χ4v) is 7.15. The second kappa shape index (κ2) is 9.50. The highest BCUT2D eigenvalue weighted by Gasteiger charge is 2.34. The van der Waals surface area contributed by atoms with Gasteiger partial charge in [-0.05, 0) is 43.2 Å². The summed E-state index contributed by atoms with van der Waals surface area (Å²) < 4.78 is 80.1. The molecule has 0 saturated carbocycles. The van der Waals surface area contributed by atoms with Crippen LogP contribution in [0.3, 0.4) is 0 Å². The van der Waals surface area contributed by atoms with Gasteiger partial charge in [-0.2, -0.15) is 4.31 Å². The number of piperidine rings is 1. The fourth-order valence-electron chi connectivity index (χ4n) is 3.72. The number of hydrogen-bond acceptors (Lipinski definition) is 7. The zero-order chi connectivity index (χ0) is 25.5. The van der Waals surface area contributed by atoms with E-state index in [1.165, 1.54) is 26.2 Å². The molecule has 1 aliphatic heterocycles. The summed E-state index contributed by atoms with van der Waals surface area (Å²) in [6.45, 7) is 0.00563. The Morgan fingerprint density at radius 1 is 1.09 bits per heavy atom. The van der Waals surface area contributed by atoms with Gasteiger partial charge in [0.15, 0.2) is 5.13 Å². The largest absolute Gasteiger partial charge is 0.302 e. The number of hydrogen-bond donors (Lipinski definition) is 1. The number of carbonyl (C=O) groups excluding carboxylic acids is 1. The lowest BCUT2D eigenvalue weighted by Gasteiger charge is -2.30. The van der Waals surface area contributed by atoms with Gasteiger partial charge in [0, 0.05) is 39.2 Å². The van der Waals surface area contributed by atoms with Crippen molar-refractivity contribution in [3.63, 3.8) is 0 Å². The molecule has 14 heteroatoms. The Morgan fingerprint density at radius 2 is 1.77 bits per heavy atom. The van der Waals surface area contributed by atoms with Crippen LogP contribution in [0.25, 0.3) is 10.2 Å². The van der Waals surface area contributed by atoms with Gasteiger partial charge in [0.05, 0.1) is 15.1 Å². The Hall–Kier alpha value is -2.52. The van der Waals surface area contributed by atoms with E-state index in [1.807, 2.05) is 0 Å². The van der Waals surface area contributed by atoms with Crippen LogP contribution in [-0.4, -0.2) is 63.5 Å². The monoisotopic (exact) mass is 544 g/mol. The molecule has 1 N–H and O–H groups in total. The van der Waals surface area contributed by atoms with Gasteiger partial charge >= 0.3 is 0 Å². The van der Waals surface area contributed by atoms with E-state index in [0.717, 1.165) is 32.1 Å². The lowest BCUT2D eigenvalue weighted by molar-refractivity contribution is -0.120. The van der Waals surface area contributed by atoms with Crippen molar-refractivity contribution in [3.05, 3.63) is 48.0 Å². The topological polar surface area (TPSA) is 117 Å². The number of nitrogens with one attached hydrogen (secondary N) is 1. The van der Waals surface area contributed by atoms with E-state index in [2.05, 4.69) is 10.3 Å². The number of sulfonamides is 2. The Bertz CT molecular complexity index is 1500. The minimum atomic E-state index is -4.16. The van der Waals surface area contributed by atoms with Gasteiger partial charge in [-0.1, -0.05) is 11.3 Å². The molecule has 0 spiro atoms. The summed E-state index contributed by atoms with van der Waals surface area (Å²) in [6, 6.07) is 6.80. The average Bonchev–Trinajstić information content (AvgIpc) is 3.20.